The molecule has 1 aromatic carbocycles. The second kappa shape index (κ2) is 9.01. The molecule has 0 bridgehead atoms. The number of hydrogen-bond donors (Lipinski definition) is 4. The van der Waals surface area contributed by atoms with Gasteiger partial charge in [0, 0.05) is 5.56 Å². The number of aromatic amines is 2. The van der Waals surface area contributed by atoms with Crippen molar-refractivity contribution in [3.05, 3.63) is 50.7 Å². The fourth-order valence-electron chi connectivity index (χ4n) is 1.78. The maximum absolute atomic E-state index is 11.7. The molecule has 0 unspecified atom stereocenters. The Morgan fingerprint density at radius 3 is 2.92 bits per heavy atom. The van der Waals surface area contributed by atoms with Crippen LogP contribution in [-0.2, 0) is 4.79 Å². The number of carbonyl (C=O) groups is 1. The minimum atomic E-state index is -0.728. The van der Waals surface area contributed by atoms with E-state index >= 15 is 0 Å². The number of amides is 1. The van der Waals surface area contributed by atoms with E-state index in [-0.39, 0.29) is 12.4 Å². The van der Waals surface area contributed by atoms with Gasteiger partial charge in [-0.3, -0.25) is 14.6 Å². The zero-order chi connectivity index (χ0) is 18.1. The van der Waals surface area contributed by atoms with E-state index in [0.717, 1.165) is 12.0 Å². The Labute approximate surface area is 142 Å². The molecule has 0 saturated carbocycles. The summed E-state index contributed by atoms with van der Waals surface area (Å²) in [7, 11) is 0. The third kappa shape index (κ3) is 5.61. The topological polar surface area (TPSA) is 141 Å². The molecule has 10 nitrogen and oxygen atoms in total. The summed E-state index contributed by atoms with van der Waals surface area (Å²) >= 11 is 0. The molecule has 0 aliphatic heterocycles. The largest absolute Gasteiger partial charge is 0.493 e. The minimum Gasteiger partial charge on any atom is -0.493 e. The highest BCUT2D eigenvalue weighted by Crippen LogP contribution is 2.15. The molecule has 4 N–H and O–H groups in total. The van der Waals surface area contributed by atoms with E-state index < -0.39 is 17.2 Å². The van der Waals surface area contributed by atoms with Gasteiger partial charge in [0.05, 0.1) is 19.4 Å². The van der Waals surface area contributed by atoms with Crippen LogP contribution < -0.4 is 26.7 Å². The van der Waals surface area contributed by atoms with Crippen LogP contribution >= 0.6 is 0 Å². The van der Waals surface area contributed by atoms with Crippen LogP contribution in [0.1, 0.15) is 18.9 Å². The Hall–Kier alpha value is -3.43. The number of hydrazone groups is 1. The highest BCUT2D eigenvalue weighted by atomic mass is 16.5. The van der Waals surface area contributed by atoms with Gasteiger partial charge in [-0.05, 0) is 18.6 Å². The van der Waals surface area contributed by atoms with Crippen LogP contribution in [0.5, 0.6) is 5.75 Å². The number of hydrogen-bond acceptors (Lipinski definition) is 7. The van der Waals surface area contributed by atoms with Crippen LogP contribution in [0, 0.1) is 0 Å². The van der Waals surface area contributed by atoms with Crippen LogP contribution in [0.25, 0.3) is 0 Å². The lowest BCUT2D eigenvalue weighted by Gasteiger charge is -2.07. The normalized spacial score (nSPS) is 10.6. The van der Waals surface area contributed by atoms with Crippen LogP contribution in [0.15, 0.2) is 39.0 Å². The lowest BCUT2D eigenvalue weighted by Crippen LogP contribution is -2.31. The molecule has 0 fully saturated rings. The van der Waals surface area contributed by atoms with Gasteiger partial charge in [-0.2, -0.15) is 5.10 Å². The predicted molar refractivity (Wildman–Crippen MR) is 91.9 cm³/mol. The molecule has 25 heavy (non-hydrogen) atoms. The van der Waals surface area contributed by atoms with Gasteiger partial charge in [-0.25, -0.2) is 15.3 Å². The number of carbonyl (C=O) groups excluding carboxylic acids is 1. The van der Waals surface area contributed by atoms with Gasteiger partial charge in [-0.1, -0.05) is 19.1 Å². The number of para-hydroxylation sites is 1. The number of nitrogens with zero attached hydrogens (tertiary/aromatic N) is 2. The molecular weight excluding hydrogens is 328 g/mol. The second-order valence-electron chi connectivity index (χ2n) is 4.89. The molecule has 1 aromatic heterocycles. The maximum Gasteiger partial charge on any atom is 0.342 e. The van der Waals surface area contributed by atoms with E-state index in [1.165, 1.54) is 6.21 Å². The summed E-state index contributed by atoms with van der Waals surface area (Å²) < 4.78 is 5.58. The summed E-state index contributed by atoms with van der Waals surface area (Å²) in [5, 5.41) is 11.9. The van der Waals surface area contributed by atoms with Crippen molar-refractivity contribution >= 4 is 17.9 Å². The molecular formula is C15H18N6O4. The van der Waals surface area contributed by atoms with Crippen LogP contribution in [0.2, 0.25) is 0 Å². The van der Waals surface area contributed by atoms with Gasteiger partial charge >= 0.3 is 5.69 Å². The van der Waals surface area contributed by atoms with Crippen molar-refractivity contribution in [3.63, 3.8) is 0 Å². The molecule has 0 aliphatic rings. The smallest absolute Gasteiger partial charge is 0.342 e. The first kappa shape index (κ1) is 17.9. The van der Waals surface area contributed by atoms with E-state index in [2.05, 4.69) is 26.0 Å². The minimum absolute atomic E-state index is 0.169. The highest BCUT2D eigenvalue weighted by molar-refractivity contribution is 5.86. The number of H-pyrrole nitrogens is 2. The third-order valence-corrected chi connectivity index (χ3v) is 2.90. The first-order valence-corrected chi connectivity index (χ1v) is 7.56. The van der Waals surface area contributed by atoms with Gasteiger partial charge in [0.25, 0.3) is 11.5 Å². The van der Waals surface area contributed by atoms with Gasteiger partial charge < -0.3 is 10.1 Å². The molecule has 0 aliphatic carbocycles. The number of ether oxygens (including phenoxy) is 1. The Bertz CT molecular complexity index is 857. The molecule has 1 amide bonds. The van der Waals surface area contributed by atoms with Crippen molar-refractivity contribution in [2.75, 3.05) is 18.5 Å². The van der Waals surface area contributed by atoms with E-state index in [9.17, 15) is 14.4 Å². The van der Waals surface area contributed by atoms with Gasteiger partial charge in [-0.15, -0.1) is 5.10 Å². The summed E-state index contributed by atoms with van der Waals surface area (Å²) in [4.78, 5) is 35.9. The average molecular weight is 346 g/mol. The molecule has 1 heterocycles. The van der Waals surface area contributed by atoms with Crippen molar-refractivity contribution in [2.45, 2.75) is 13.3 Å². The highest BCUT2D eigenvalue weighted by Gasteiger charge is 2.05. The number of nitrogens with one attached hydrogen (secondary N) is 4. The lowest BCUT2D eigenvalue weighted by molar-refractivity contribution is -0.119. The Balaban J connectivity index is 1.88. The number of anilines is 1. The number of benzene rings is 1. The molecule has 132 valence electrons. The van der Waals surface area contributed by atoms with Gasteiger partial charge in [0.1, 0.15) is 5.75 Å². The standard InChI is InChI=1S/C15H18N6O4/c1-2-7-25-11-6-4-3-5-10(11)8-17-19-12(22)9-16-13-14(23)18-15(24)21-20-13/h3-6,8H,2,7,9H2,1H3,(H,16,20)(H,19,22)(H2,18,21,23,24)/b17-8+. The van der Waals surface area contributed by atoms with Crippen molar-refractivity contribution in [2.24, 2.45) is 5.10 Å². The SMILES string of the molecule is CCCOc1ccccc1/C=N/NC(=O)CNc1n[nH]c(=O)[nH]c1=O. The fraction of sp³-hybridized carbons (Fsp3) is 0.267. The summed E-state index contributed by atoms with van der Waals surface area (Å²) in [5.74, 6) is 0.0112. The predicted octanol–water partition coefficient (Wildman–Crippen LogP) is -0.191. The number of rotatable bonds is 8. The van der Waals surface area contributed by atoms with Crippen LogP contribution in [0.3, 0.4) is 0 Å². The molecule has 0 radical (unpaired) electrons. The Morgan fingerprint density at radius 2 is 2.16 bits per heavy atom. The van der Waals surface area contributed by atoms with Crippen LogP contribution in [0.4, 0.5) is 5.82 Å². The molecule has 2 rings (SSSR count). The van der Waals surface area contributed by atoms with E-state index in [1.54, 1.807) is 0 Å². The lowest BCUT2D eigenvalue weighted by atomic mass is 10.2. The Kier molecular flexibility index (Phi) is 6.46. The number of aromatic nitrogens is 3. The summed E-state index contributed by atoms with van der Waals surface area (Å²) in [5.41, 5.74) is 1.59. The zero-order valence-electron chi connectivity index (χ0n) is 13.5. The fourth-order valence-corrected chi connectivity index (χ4v) is 1.78. The maximum atomic E-state index is 11.7. The average Bonchev–Trinajstić information content (AvgIpc) is 2.60. The zero-order valence-corrected chi connectivity index (χ0v) is 13.5. The first-order valence-electron chi connectivity index (χ1n) is 7.56. The quantitative estimate of drug-likeness (QED) is 0.385. The molecule has 2 aromatic rings. The van der Waals surface area contributed by atoms with Crippen LogP contribution in [-0.4, -0.2) is 40.5 Å². The van der Waals surface area contributed by atoms with Gasteiger partial charge in [0.15, 0.2) is 0 Å². The Morgan fingerprint density at radius 1 is 1.36 bits per heavy atom. The van der Waals surface area contributed by atoms with Crippen molar-refractivity contribution in [1.82, 2.24) is 20.6 Å². The molecule has 0 saturated heterocycles. The van der Waals surface area contributed by atoms with Crippen molar-refractivity contribution in [3.8, 4) is 5.75 Å². The molecule has 10 heteroatoms. The second-order valence-corrected chi connectivity index (χ2v) is 4.89. The summed E-state index contributed by atoms with van der Waals surface area (Å²) in [6, 6.07) is 7.30. The molecule has 0 spiro atoms. The summed E-state index contributed by atoms with van der Waals surface area (Å²) in [6.45, 7) is 2.35. The van der Waals surface area contributed by atoms with Crippen molar-refractivity contribution < 1.29 is 9.53 Å². The summed E-state index contributed by atoms with van der Waals surface area (Å²) in [6.07, 6.45) is 2.35. The first-order chi connectivity index (χ1) is 12.1. The van der Waals surface area contributed by atoms with E-state index in [4.69, 9.17) is 4.74 Å². The van der Waals surface area contributed by atoms with E-state index in [1.807, 2.05) is 36.2 Å². The van der Waals surface area contributed by atoms with Crippen molar-refractivity contribution in [1.29, 1.82) is 0 Å². The third-order valence-electron chi connectivity index (χ3n) is 2.90. The van der Waals surface area contributed by atoms with Gasteiger partial charge in [0.2, 0.25) is 5.82 Å². The van der Waals surface area contributed by atoms with E-state index in [0.29, 0.717) is 12.4 Å². The monoisotopic (exact) mass is 346 g/mol. The molecule has 0 atom stereocenters.